The first-order valence-corrected chi connectivity index (χ1v) is 5.76. The van der Waals surface area contributed by atoms with E-state index in [0.29, 0.717) is 6.54 Å². The number of rotatable bonds is 5. The van der Waals surface area contributed by atoms with Crippen molar-refractivity contribution in [2.45, 2.75) is 19.9 Å². The molecule has 0 aliphatic rings. The lowest BCUT2D eigenvalue weighted by molar-refractivity contribution is -0.385. The Balaban J connectivity index is 0.00000361. The van der Waals surface area contributed by atoms with E-state index < -0.39 is 16.6 Å². The molecular formula is C12H17ClFN3O3. The molecule has 8 heteroatoms. The van der Waals surface area contributed by atoms with Crippen LogP contribution in [-0.4, -0.2) is 30.5 Å². The van der Waals surface area contributed by atoms with Crippen LogP contribution in [0.15, 0.2) is 12.1 Å². The highest BCUT2D eigenvalue weighted by molar-refractivity contribution is 5.98. The van der Waals surface area contributed by atoms with Crippen molar-refractivity contribution in [1.29, 1.82) is 0 Å². The lowest BCUT2D eigenvalue weighted by atomic mass is 10.1. The SMILES string of the molecule is CNC(C)CNC(=O)c1cc(F)cc(C)c1[N+](=O)[O-].Cl. The molecule has 0 saturated carbocycles. The first-order chi connectivity index (χ1) is 8.86. The van der Waals surface area contributed by atoms with Crippen LogP contribution in [0.2, 0.25) is 0 Å². The van der Waals surface area contributed by atoms with Crippen LogP contribution >= 0.6 is 12.4 Å². The summed E-state index contributed by atoms with van der Waals surface area (Å²) in [7, 11) is 1.73. The molecule has 1 aromatic rings. The Kier molecular flexibility index (Phi) is 7.09. The Morgan fingerprint density at radius 2 is 2.10 bits per heavy atom. The number of nitrogens with one attached hydrogen (secondary N) is 2. The van der Waals surface area contributed by atoms with Gasteiger partial charge < -0.3 is 10.6 Å². The average molecular weight is 306 g/mol. The summed E-state index contributed by atoms with van der Waals surface area (Å²) in [5.74, 6) is -1.33. The van der Waals surface area contributed by atoms with Crippen LogP contribution in [0.3, 0.4) is 0 Å². The standard InChI is InChI=1S/C12H16FN3O3.ClH/c1-7-4-9(13)5-10(11(7)16(18)19)12(17)15-6-8(2)14-3;/h4-5,8,14H,6H2,1-3H3,(H,15,17);1H. The zero-order valence-electron chi connectivity index (χ0n) is 11.4. The number of halogens is 2. The summed E-state index contributed by atoms with van der Waals surface area (Å²) in [4.78, 5) is 22.2. The average Bonchev–Trinajstić information content (AvgIpc) is 2.33. The molecule has 1 unspecified atom stereocenters. The highest BCUT2D eigenvalue weighted by Gasteiger charge is 2.24. The van der Waals surface area contributed by atoms with Gasteiger partial charge in [-0.25, -0.2) is 4.39 Å². The number of carbonyl (C=O) groups is 1. The molecule has 6 nitrogen and oxygen atoms in total. The monoisotopic (exact) mass is 305 g/mol. The van der Waals surface area contributed by atoms with E-state index in [1.165, 1.54) is 6.92 Å². The zero-order chi connectivity index (χ0) is 14.6. The number of nitrogens with zero attached hydrogens (tertiary/aromatic N) is 1. The lowest BCUT2D eigenvalue weighted by Crippen LogP contribution is -2.37. The first kappa shape index (κ1) is 18.3. The van der Waals surface area contributed by atoms with E-state index in [1.54, 1.807) is 7.05 Å². The molecule has 0 radical (unpaired) electrons. The minimum absolute atomic E-state index is 0. The summed E-state index contributed by atoms with van der Waals surface area (Å²) in [5, 5.41) is 16.4. The van der Waals surface area contributed by atoms with Crippen molar-refractivity contribution in [3.8, 4) is 0 Å². The topological polar surface area (TPSA) is 84.3 Å². The predicted octanol–water partition coefficient (Wildman–Crippen LogP) is 1.80. The maximum Gasteiger partial charge on any atom is 0.285 e. The van der Waals surface area contributed by atoms with Crippen molar-refractivity contribution in [2.24, 2.45) is 0 Å². The van der Waals surface area contributed by atoms with Gasteiger partial charge in [-0.05, 0) is 33.0 Å². The molecule has 1 rings (SSSR count). The van der Waals surface area contributed by atoms with Crippen molar-refractivity contribution >= 4 is 24.0 Å². The van der Waals surface area contributed by atoms with Crippen molar-refractivity contribution in [3.05, 3.63) is 39.2 Å². The van der Waals surface area contributed by atoms with Gasteiger partial charge in [-0.2, -0.15) is 0 Å². The van der Waals surface area contributed by atoms with E-state index in [1.807, 2.05) is 6.92 Å². The van der Waals surface area contributed by atoms with Gasteiger partial charge in [-0.1, -0.05) is 0 Å². The van der Waals surface area contributed by atoms with Crippen molar-refractivity contribution in [2.75, 3.05) is 13.6 Å². The highest BCUT2D eigenvalue weighted by atomic mass is 35.5. The van der Waals surface area contributed by atoms with E-state index in [4.69, 9.17) is 0 Å². The first-order valence-electron chi connectivity index (χ1n) is 5.76. The minimum Gasteiger partial charge on any atom is -0.350 e. The third-order valence-electron chi connectivity index (χ3n) is 2.75. The van der Waals surface area contributed by atoms with Gasteiger partial charge in [-0.3, -0.25) is 14.9 Å². The third kappa shape index (κ3) is 4.43. The molecule has 1 amide bonds. The molecule has 2 N–H and O–H groups in total. The second kappa shape index (κ2) is 7.76. The minimum atomic E-state index is -0.675. The summed E-state index contributed by atoms with van der Waals surface area (Å²) in [6, 6.07) is 1.92. The Hall–Kier alpha value is -1.73. The number of benzene rings is 1. The van der Waals surface area contributed by atoms with Crippen LogP contribution in [0, 0.1) is 22.9 Å². The lowest BCUT2D eigenvalue weighted by Gasteiger charge is -2.12. The van der Waals surface area contributed by atoms with Crippen molar-refractivity contribution < 1.29 is 14.1 Å². The number of hydrogen-bond acceptors (Lipinski definition) is 4. The maximum absolute atomic E-state index is 13.3. The third-order valence-corrected chi connectivity index (χ3v) is 2.75. The normalized spacial score (nSPS) is 11.4. The molecule has 0 heterocycles. The Morgan fingerprint density at radius 1 is 1.50 bits per heavy atom. The number of carbonyl (C=O) groups excluding carboxylic acids is 1. The summed E-state index contributed by atoms with van der Waals surface area (Å²) < 4.78 is 13.3. The quantitative estimate of drug-likeness (QED) is 0.642. The van der Waals surface area contributed by atoms with Gasteiger partial charge in [0.25, 0.3) is 11.6 Å². The molecule has 0 aliphatic carbocycles. The van der Waals surface area contributed by atoms with E-state index in [9.17, 15) is 19.3 Å². The molecule has 0 aliphatic heterocycles. The smallest absolute Gasteiger partial charge is 0.285 e. The van der Waals surface area contributed by atoms with E-state index >= 15 is 0 Å². The predicted molar refractivity (Wildman–Crippen MR) is 75.9 cm³/mol. The van der Waals surface area contributed by atoms with E-state index in [2.05, 4.69) is 10.6 Å². The number of hydrogen-bond donors (Lipinski definition) is 2. The van der Waals surface area contributed by atoms with Crippen LogP contribution in [0.25, 0.3) is 0 Å². The van der Waals surface area contributed by atoms with Crippen LogP contribution in [0.4, 0.5) is 10.1 Å². The van der Waals surface area contributed by atoms with Crippen LogP contribution in [0.1, 0.15) is 22.8 Å². The molecule has 1 aromatic carbocycles. The molecule has 1 atom stereocenters. The largest absolute Gasteiger partial charge is 0.350 e. The van der Waals surface area contributed by atoms with Gasteiger partial charge in [0.05, 0.1) is 4.92 Å². The Bertz CT molecular complexity index is 511. The fourth-order valence-electron chi connectivity index (χ4n) is 1.59. The van der Waals surface area contributed by atoms with E-state index in [0.717, 1.165) is 12.1 Å². The summed E-state index contributed by atoms with van der Waals surface area (Å²) in [6.07, 6.45) is 0. The molecule has 112 valence electrons. The van der Waals surface area contributed by atoms with Crippen LogP contribution in [0.5, 0.6) is 0 Å². The number of amides is 1. The fourth-order valence-corrected chi connectivity index (χ4v) is 1.59. The van der Waals surface area contributed by atoms with Gasteiger partial charge in [0, 0.05) is 18.2 Å². The Morgan fingerprint density at radius 3 is 2.60 bits per heavy atom. The van der Waals surface area contributed by atoms with E-state index in [-0.39, 0.29) is 35.3 Å². The Labute approximate surface area is 122 Å². The molecule has 20 heavy (non-hydrogen) atoms. The van der Waals surface area contributed by atoms with Gasteiger partial charge in [0.1, 0.15) is 11.4 Å². The second-order valence-corrected chi connectivity index (χ2v) is 4.28. The fraction of sp³-hybridized carbons (Fsp3) is 0.417. The number of nitro groups is 1. The number of aryl methyl sites for hydroxylation is 1. The second-order valence-electron chi connectivity index (χ2n) is 4.28. The van der Waals surface area contributed by atoms with Crippen LogP contribution in [-0.2, 0) is 0 Å². The zero-order valence-corrected chi connectivity index (χ0v) is 12.2. The maximum atomic E-state index is 13.3. The van der Waals surface area contributed by atoms with Gasteiger partial charge >= 0.3 is 0 Å². The summed E-state index contributed by atoms with van der Waals surface area (Å²) >= 11 is 0. The van der Waals surface area contributed by atoms with Gasteiger partial charge in [0.15, 0.2) is 0 Å². The molecule has 0 spiro atoms. The summed E-state index contributed by atoms with van der Waals surface area (Å²) in [5.41, 5.74) is -0.501. The van der Waals surface area contributed by atoms with Crippen LogP contribution < -0.4 is 10.6 Å². The molecule has 0 fully saturated rings. The van der Waals surface area contributed by atoms with Crippen molar-refractivity contribution in [1.82, 2.24) is 10.6 Å². The summed E-state index contributed by atoms with van der Waals surface area (Å²) in [6.45, 7) is 3.53. The number of likely N-dealkylation sites (N-methyl/N-ethyl adjacent to an activating group) is 1. The highest BCUT2D eigenvalue weighted by Crippen LogP contribution is 2.24. The molecular weight excluding hydrogens is 289 g/mol. The molecule has 0 bridgehead atoms. The molecule has 0 saturated heterocycles. The number of nitro benzene ring substituents is 1. The van der Waals surface area contributed by atoms with Crippen molar-refractivity contribution in [3.63, 3.8) is 0 Å². The van der Waals surface area contributed by atoms with Gasteiger partial charge in [0.2, 0.25) is 0 Å². The van der Waals surface area contributed by atoms with Gasteiger partial charge in [-0.15, -0.1) is 12.4 Å². The molecule has 0 aromatic heterocycles.